The normalized spacial score (nSPS) is 17.5. The first-order valence-corrected chi connectivity index (χ1v) is 6.09. The molecule has 86 valence electrons. The van der Waals surface area contributed by atoms with Gasteiger partial charge >= 0.3 is 0 Å². The lowest BCUT2D eigenvalue weighted by atomic mass is 9.98. The van der Waals surface area contributed by atoms with Crippen LogP contribution in [-0.2, 0) is 0 Å². The maximum absolute atomic E-state index is 11.0. The number of nitrogens with zero attached hydrogens (tertiary/aromatic N) is 1. The van der Waals surface area contributed by atoms with Crippen LogP contribution in [0.5, 0.6) is 0 Å². The maximum atomic E-state index is 11.0. The molecule has 0 N–H and O–H groups in total. The van der Waals surface area contributed by atoms with Crippen molar-refractivity contribution in [1.82, 2.24) is 0 Å². The summed E-state index contributed by atoms with van der Waals surface area (Å²) in [5.41, 5.74) is 1.60. The summed E-state index contributed by atoms with van der Waals surface area (Å²) in [6.07, 6.45) is 3.23. The van der Waals surface area contributed by atoms with Gasteiger partial charge in [0.25, 0.3) is 0 Å². The highest BCUT2D eigenvalue weighted by Gasteiger charge is 2.18. The molecule has 16 heavy (non-hydrogen) atoms. The number of hydrogen-bond donors (Lipinski definition) is 0. The topological polar surface area (TPSA) is 20.3 Å². The fraction of sp³-hybridized carbons (Fsp3) is 0.462. The van der Waals surface area contributed by atoms with Crippen LogP contribution in [0.15, 0.2) is 18.2 Å². The molecule has 1 fully saturated rings. The van der Waals surface area contributed by atoms with E-state index in [2.05, 4.69) is 11.8 Å². The molecule has 3 heteroatoms. The summed E-state index contributed by atoms with van der Waals surface area (Å²) in [6.45, 7) is 4.31. The first-order valence-electron chi connectivity index (χ1n) is 5.71. The molecule has 0 saturated carbocycles. The van der Waals surface area contributed by atoms with Crippen molar-refractivity contribution in [1.29, 1.82) is 0 Å². The summed E-state index contributed by atoms with van der Waals surface area (Å²) in [5.74, 6) is 0.787. The van der Waals surface area contributed by atoms with Crippen molar-refractivity contribution in [2.75, 3.05) is 18.0 Å². The van der Waals surface area contributed by atoms with E-state index in [1.807, 2.05) is 12.1 Å². The minimum atomic E-state index is 0.547. The summed E-state index contributed by atoms with van der Waals surface area (Å²) in [4.78, 5) is 13.3. The van der Waals surface area contributed by atoms with E-state index < -0.39 is 0 Å². The van der Waals surface area contributed by atoms with E-state index in [0.717, 1.165) is 31.0 Å². The van der Waals surface area contributed by atoms with Gasteiger partial charge in [0, 0.05) is 18.8 Å². The van der Waals surface area contributed by atoms with Crippen LogP contribution >= 0.6 is 11.6 Å². The van der Waals surface area contributed by atoms with Crippen molar-refractivity contribution in [3.8, 4) is 0 Å². The first-order chi connectivity index (χ1) is 7.72. The van der Waals surface area contributed by atoms with Gasteiger partial charge in [0.15, 0.2) is 6.29 Å². The Labute approximate surface area is 101 Å². The third kappa shape index (κ3) is 2.22. The molecule has 0 unspecified atom stereocenters. The van der Waals surface area contributed by atoms with Gasteiger partial charge in [-0.25, -0.2) is 0 Å². The number of benzene rings is 1. The van der Waals surface area contributed by atoms with Gasteiger partial charge in [-0.05, 0) is 30.9 Å². The molecule has 1 aromatic rings. The Morgan fingerprint density at radius 2 is 2.06 bits per heavy atom. The van der Waals surface area contributed by atoms with Crippen LogP contribution in [-0.4, -0.2) is 19.4 Å². The fourth-order valence-electron chi connectivity index (χ4n) is 2.17. The van der Waals surface area contributed by atoms with Crippen LogP contribution in [0.1, 0.15) is 30.1 Å². The SMILES string of the molecule is CC1CCN(c2cccc(Cl)c2C=O)CC1. The van der Waals surface area contributed by atoms with Crippen molar-refractivity contribution in [3.05, 3.63) is 28.8 Å². The van der Waals surface area contributed by atoms with Crippen molar-refractivity contribution in [2.24, 2.45) is 5.92 Å². The molecule has 1 aliphatic rings. The summed E-state index contributed by atoms with van der Waals surface area (Å²) in [5, 5.41) is 0.547. The number of hydrogen-bond acceptors (Lipinski definition) is 2. The van der Waals surface area contributed by atoms with Crippen LogP contribution in [0.25, 0.3) is 0 Å². The molecular formula is C13H16ClNO. The number of rotatable bonds is 2. The molecule has 0 aliphatic carbocycles. The largest absolute Gasteiger partial charge is 0.371 e. The Bertz CT molecular complexity index is 384. The molecule has 0 atom stereocenters. The van der Waals surface area contributed by atoms with E-state index in [9.17, 15) is 4.79 Å². The zero-order chi connectivity index (χ0) is 11.5. The smallest absolute Gasteiger partial charge is 0.153 e. The Kier molecular flexibility index (Phi) is 3.49. The summed E-state index contributed by atoms with van der Waals surface area (Å²) in [7, 11) is 0. The molecule has 0 bridgehead atoms. The van der Waals surface area contributed by atoms with E-state index in [4.69, 9.17) is 11.6 Å². The third-order valence-electron chi connectivity index (χ3n) is 3.27. The van der Waals surface area contributed by atoms with Crippen LogP contribution in [0, 0.1) is 5.92 Å². The minimum Gasteiger partial charge on any atom is -0.371 e. The van der Waals surface area contributed by atoms with Crippen molar-refractivity contribution in [2.45, 2.75) is 19.8 Å². The second-order valence-electron chi connectivity index (χ2n) is 4.46. The lowest BCUT2D eigenvalue weighted by molar-refractivity contribution is 0.112. The second kappa shape index (κ2) is 4.88. The summed E-state index contributed by atoms with van der Waals surface area (Å²) in [6, 6.07) is 5.65. The van der Waals surface area contributed by atoms with Crippen LogP contribution in [0.4, 0.5) is 5.69 Å². The fourth-order valence-corrected chi connectivity index (χ4v) is 2.38. The Morgan fingerprint density at radius 1 is 1.38 bits per heavy atom. The molecule has 1 aromatic carbocycles. The number of piperidine rings is 1. The Morgan fingerprint density at radius 3 is 2.69 bits per heavy atom. The standard InChI is InChI=1S/C13H16ClNO/c1-10-5-7-15(8-6-10)13-4-2-3-12(14)11(13)9-16/h2-4,9-10H,5-8H2,1H3. The predicted molar refractivity (Wildman–Crippen MR) is 67.5 cm³/mol. The van der Waals surface area contributed by atoms with E-state index in [1.54, 1.807) is 6.07 Å². The molecule has 0 spiro atoms. The van der Waals surface area contributed by atoms with Gasteiger partial charge in [0.1, 0.15) is 0 Å². The molecule has 2 nitrogen and oxygen atoms in total. The quantitative estimate of drug-likeness (QED) is 0.735. The number of anilines is 1. The first kappa shape index (κ1) is 11.5. The van der Waals surface area contributed by atoms with Gasteiger partial charge in [-0.2, -0.15) is 0 Å². The average Bonchev–Trinajstić information content (AvgIpc) is 2.30. The number of carbonyl (C=O) groups is 1. The monoisotopic (exact) mass is 237 g/mol. The van der Waals surface area contributed by atoms with Crippen LogP contribution < -0.4 is 4.90 Å². The lowest BCUT2D eigenvalue weighted by Gasteiger charge is -2.33. The minimum absolute atomic E-state index is 0.547. The lowest BCUT2D eigenvalue weighted by Crippen LogP contribution is -2.33. The van der Waals surface area contributed by atoms with E-state index >= 15 is 0 Å². The van der Waals surface area contributed by atoms with E-state index in [-0.39, 0.29) is 0 Å². The Balaban J connectivity index is 2.26. The van der Waals surface area contributed by atoms with E-state index in [1.165, 1.54) is 12.8 Å². The molecule has 0 radical (unpaired) electrons. The van der Waals surface area contributed by atoms with Crippen molar-refractivity contribution >= 4 is 23.6 Å². The molecule has 1 saturated heterocycles. The second-order valence-corrected chi connectivity index (χ2v) is 4.87. The van der Waals surface area contributed by atoms with Gasteiger partial charge in [-0.1, -0.05) is 24.6 Å². The van der Waals surface area contributed by atoms with Crippen molar-refractivity contribution in [3.63, 3.8) is 0 Å². The molecule has 2 rings (SSSR count). The summed E-state index contributed by atoms with van der Waals surface area (Å²) < 4.78 is 0. The van der Waals surface area contributed by atoms with E-state index in [0.29, 0.717) is 10.6 Å². The van der Waals surface area contributed by atoms with Gasteiger partial charge in [-0.3, -0.25) is 4.79 Å². The van der Waals surface area contributed by atoms with Crippen LogP contribution in [0.3, 0.4) is 0 Å². The average molecular weight is 238 g/mol. The highest BCUT2D eigenvalue weighted by atomic mass is 35.5. The van der Waals surface area contributed by atoms with Crippen molar-refractivity contribution < 1.29 is 4.79 Å². The molecule has 0 amide bonds. The number of aldehydes is 1. The Hall–Kier alpha value is -1.02. The summed E-state index contributed by atoms with van der Waals surface area (Å²) >= 11 is 6.02. The molecule has 0 aromatic heterocycles. The highest BCUT2D eigenvalue weighted by Crippen LogP contribution is 2.29. The third-order valence-corrected chi connectivity index (χ3v) is 3.60. The molecule has 1 aliphatic heterocycles. The zero-order valence-corrected chi connectivity index (χ0v) is 10.2. The van der Waals surface area contributed by atoms with Gasteiger partial charge < -0.3 is 4.90 Å². The van der Waals surface area contributed by atoms with Gasteiger partial charge in [0.05, 0.1) is 10.6 Å². The molecule has 1 heterocycles. The maximum Gasteiger partial charge on any atom is 0.153 e. The molecular weight excluding hydrogens is 222 g/mol. The highest BCUT2D eigenvalue weighted by molar-refractivity contribution is 6.33. The number of carbonyl (C=O) groups excluding carboxylic acids is 1. The zero-order valence-electron chi connectivity index (χ0n) is 9.45. The van der Waals surface area contributed by atoms with Gasteiger partial charge in [0.2, 0.25) is 0 Å². The van der Waals surface area contributed by atoms with Crippen LogP contribution in [0.2, 0.25) is 5.02 Å². The van der Waals surface area contributed by atoms with Gasteiger partial charge in [-0.15, -0.1) is 0 Å². The predicted octanol–water partition coefficient (Wildman–Crippen LogP) is 3.39. The number of halogens is 1.